The molecular formula is C11H15N3O2. The van der Waals surface area contributed by atoms with E-state index >= 15 is 0 Å². The molecule has 0 unspecified atom stereocenters. The molecule has 86 valence electrons. The van der Waals surface area contributed by atoms with E-state index in [1.807, 2.05) is 12.1 Å². The first kappa shape index (κ1) is 10.9. The van der Waals surface area contributed by atoms with Gasteiger partial charge in [0.25, 0.3) is 0 Å². The minimum atomic E-state index is -0.928. The van der Waals surface area contributed by atoms with Crippen LogP contribution >= 0.6 is 0 Å². The van der Waals surface area contributed by atoms with Gasteiger partial charge < -0.3 is 10.4 Å². The second kappa shape index (κ2) is 4.92. The van der Waals surface area contributed by atoms with Gasteiger partial charge in [0.15, 0.2) is 0 Å². The van der Waals surface area contributed by atoms with Gasteiger partial charge in [0.2, 0.25) is 0 Å². The Hall–Kier alpha value is -1.65. The van der Waals surface area contributed by atoms with Crippen molar-refractivity contribution in [3.05, 3.63) is 24.0 Å². The second-order valence-electron chi connectivity index (χ2n) is 4.15. The van der Waals surface area contributed by atoms with Crippen molar-refractivity contribution in [2.45, 2.75) is 37.6 Å². The molecule has 0 aromatic carbocycles. The molecule has 2 N–H and O–H groups in total. The number of rotatable bonds is 2. The normalized spacial score (nSPS) is 25.0. The highest BCUT2D eigenvalue weighted by Gasteiger charge is 2.24. The predicted octanol–water partition coefficient (Wildman–Crippen LogP) is 1.77. The fraction of sp³-hybridized carbons (Fsp3) is 0.545. The molecule has 1 aliphatic rings. The summed E-state index contributed by atoms with van der Waals surface area (Å²) >= 11 is 0. The molecular weight excluding hydrogens is 206 g/mol. The fourth-order valence-corrected chi connectivity index (χ4v) is 2.24. The van der Waals surface area contributed by atoms with Gasteiger partial charge in [-0.25, -0.2) is 4.79 Å². The second-order valence-corrected chi connectivity index (χ2v) is 4.15. The van der Waals surface area contributed by atoms with E-state index in [2.05, 4.69) is 15.5 Å². The Morgan fingerprint density at radius 3 is 2.69 bits per heavy atom. The van der Waals surface area contributed by atoms with Crippen molar-refractivity contribution in [3.8, 4) is 0 Å². The van der Waals surface area contributed by atoms with Crippen LogP contribution in [0.2, 0.25) is 0 Å². The maximum absolute atomic E-state index is 10.5. The first-order valence-electron chi connectivity index (χ1n) is 5.53. The summed E-state index contributed by atoms with van der Waals surface area (Å²) in [5.41, 5.74) is 1.02. The number of carboxylic acid groups (broad SMARTS) is 1. The molecule has 5 nitrogen and oxygen atoms in total. The van der Waals surface area contributed by atoms with Crippen LogP contribution in [-0.2, 0) is 0 Å². The molecule has 0 atom stereocenters. The van der Waals surface area contributed by atoms with Crippen LogP contribution in [0, 0.1) is 0 Å². The van der Waals surface area contributed by atoms with Crippen molar-refractivity contribution < 1.29 is 9.90 Å². The summed E-state index contributed by atoms with van der Waals surface area (Å²) < 4.78 is 0. The molecule has 0 radical (unpaired) electrons. The molecule has 2 rings (SSSR count). The highest BCUT2D eigenvalue weighted by atomic mass is 16.4. The van der Waals surface area contributed by atoms with Gasteiger partial charge in [0, 0.05) is 18.2 Å². The molecule has 0 bridgehead atoms. The number of amides is 1. The van der Waals surface area contributed by atoms with Crippen molar-refractivity contribution in [1.29, 1.82) is 0 Å². The van der Waals surface area contributed by atoms with Crippen LogP contribution in [0.5, 0.6) is 0 Å². The maximum atomic E-state index is 10.5. The zero-order valence-electron chi connectivity index (χ0n) is 8.97. The van der Waals surface area contributed by atoms with Crippen molar-refractivity contribution >= 4 is 6.09 Å². The molecule has 1 heterocycles. The van der Waals surface area contributed by atoms with Gasteiger partial charge in [-0.2, -0.15) is 10.2 Å². The Morgan fingerprint density at radius 2 is 2.12 bits per heavy atom. The zero-order chi connectivity index (χ0) is 11.4. The molecule has 0 aliphatic heterocycles. The molecule has 0 saturated heterocycles. The van der Waals surface area contributed by atoms with Crippen LogP contribution in [-0.4, -0.2) is 27.4 Å². The van der Waals surface area contributed by atoms with E-state index in [0.717, 1.165) is 31.4 Å². The minimum absolute atomic E-state index is 0.102. The molecule has 5 heteroatoms. The first-order chi connectivity index (χ1) is 7.75. The average molecular weight is 221 g/mol. The quantitative estimate of drug-likeness (QED) is 0.798. The third kappa shape index (κ3) is 2.68. The zero-order valence-corrected chi connectivity index (χ0v) is 8.97. The minimum Gasteiger partial charge on any atom is -0.465 e. The molecule has 16 heavy (non-hydrogen) atoms. The SMILES string of the molecule is O=C(O)NC1CCC(c2cccnn2)CC1. The van der Waals surface area contributed by atoms with Crippen molar-refractivity contribution in [3.63, 3.8) is 0 Å². The van der Waals surface area contributed by atoms with Gasteiger partial charge in [-0.1, -0.05) is 0 Å². The van der Waals surface area contributed by atoms with Gasteiger partial charge in [-0.05, 0) is 37.8 Å². The summed E-state index contributed by atoms with van der Waals surface area (Å²) in [5.74, 6) is 0.431. The molecule has 1 aromatic heterocycles. The van der Waals surface area contributed by atoms with Crippen LogP contribution in [0.3, 0.4) is 0 Å². The lowest BCUT2D eigenvalue weighted by atomic mass is 9.84. The Bertz CT molecular complexity index is 348. The molecule has 1 fully saturated rings. The van der Waals surface area contributed by atoms with Gasteiger partial charge in [-0.15, -0.1) is 0 Å². The molecule has 1 amide bonds. The standard InChI is InChI=1S/C11H15N3O2/c15-11(16)13-9-5-3-8(4-6-9)10-2-1-7-12-14-10/h1-2,7-9,13H,3-6H2,(H,15,16). The number of carbonyl (C=O) groups is 1. The predicted molar refractivity (Wildman–Crippen MR) is 58.2 cm³/mol. The number of aromatic nitrogens is 2. The lowest BCUT2D eigenvalue weighted by molar-refractivity contribution is 0.185. The van der Waals surface area contributed by atoms with Crippen LogP contribution < -0.4 is 5.32 Å². The van der Waals surface area contributed by atoms with Crippen LogP contribution in [0.4, 0.5) is 4.79 Å². The van der Waals surface area contributed by atoms with Gasteiger partial charge in [0.05, 0.1) is 5.69 Å². The van der Waals surface area contributed by atoms with E-state index in [-0.39, 0.29) is 6.04 Å². The number of nitrogens with zero attached hydrogens (tertiary/aromatic N) is 2. The third-order valence-electron chi connectivity index (χ3n) is 3.07. The van der Waals surface area contributed by atoms with E-state index in [9.17, 15) is 4.79 Å². The van der Waals surface area contributed by atoms with Crippen molar-refractivity contribution in [2.24, 2.45) is 0 Å². The topological polar surface area (TPSA) is 75.1 Å². The maximum Gasteiger partial charge on any atom is 0.404 e. The van der Waals surface area contributed by atoms with E-state index in [1.165, 1.54) is 0 Å². The highest BCUT2D eigenvalue weighted by molar-refractivity contribution is 5.64. The Kier molecular flexibility index (Phi) is 3.34. The van der Waals surface area contributed by atoms with Crippen LogP contribution in [0.1, 0.15) is 37.3 Å². The highest BCUT2D eigenvalue weighted by Crippen LogP contribution is 2.31. The number of hydrogen-bond donors (Lipinski definition) is 2. The first-order valence-corrected chi connectivity index (χ1v) is 5.53. The monoisotopic (exact) mass is 221 g/mol. The summed E-state index contributed by atoms with van der Waals surface area (Å²) in [5, 5.41) is 19.1. The molecule has 1 aliphatic carbocycles. The Morgan fingerprint density at radius 1 is 1.38 bits per heavy atom. The largest absolute Gasteiger partial charge is 0.465 e. The van der Waals surface area contributed by atoms with Crippen LogP contribution in [0.25, 0.3) is 0 Å². The van der Waals surface area contributed by atoms with Crippen molar-refractivity contribution in [2.75, 3.05) is 0 Å². The summed E-state index contributed by atoms with van der Waals surface area (Å²) in [7, 11) is 0. The Balaban J connectivity index is 1.88. The van der Waals surface area contributed by atoms with Gasteiger partial charge in [-0.3, -0.25) is 0 Å². The third-order valence-corrected chi connectivity index (χ3v) is 3.07. The lowest BCUT2D eigenvalue weighted by Crippen LogP contribution is -2.36. The van der Waals surface area contributed by atoms with E-state index < -0.39 is 6.09 Å². The molecule has 0 spiro atoms. The fourth-order valence-electron chi connectivity index (χ4n) is 2.24. The van der Waals surface area contributed by atoms with Gasteiger partial charge in [0.1, 0.15) is 0 Å². The average Bonchev–Trinajstić information content (AvgIpc) is 2.30. The summed E-state index contributed by atoms with van der Waals surface area (Å²) in [4.78, 5) is 10.5. The smallest absolute Gasteiger partial charge is 0.404 e. The van der Waals surface area contributed by atoms with E-state index in [1.54, 1.807) is 6.20 Å². The molecule has 1 saturated carbocycles. The van der Waals surface area contributed by atoms with Crippen LogP contribution in [0.15, 0.2) is 18.3 Å². The number of nitrogens with one attached hydrogen (secondary N) is 1. The van der Waals surface area contributed by atoms with E-state index in [4.69, 9.17) is 5.11 Å². The molecule has 1 aromatic rings. The summed E-state index contributed by atoms with van der Waals surface area (Å²) in [6, 6.07) is 3.98. The summed E-state index contributed by atoms with van der Waals surface area (Å²) in [6.07, 6.45) is 4.46. The Labute approximate surface area is 93.9 Å². The summed E-state index contributed by atoms with van der Waals surface area (Å²) in [6.45, 7) is 0. The van der Waals surface area contributed by atoms with Crippen molar-refractivity contribution in [1.82, 2.24) is 15.5 Å². The van der Waals surface area contributed by atoms with Gasteiger partial charge >= 0.3 is 6.09 Å². The van der Waals surface area contributed by atoms with E-state index in [0.29, 0.717) is 5.92 Å². The lowest BCUT2D eigenvalue weighted by Gasteiger charge is -2.27. The number of hydrogen-bond acceptors (Lipinski definition) is 3.